The number of halogens is 3. The van der Waals surface area contributed by atoms with Gasteiger partial charge in [-0.1, -0.05) is 29.3 Å². The Bertz CT molecular complexity index is 677. The molecule has 21 heavy (non-hydrogen) atoms. The van der Waals surface area contributed by atoms with Gasteiger partial charge in [-0.3, -0.25) is 0 Å². The molecule has 0 spiro atoms. The van der Waals surface area contributed by atoms with Gasteiger partial charge in [0.25, 0.3) is 0 Å². The van der Waals surface area contributed by atoms with E-state index in [2.05, 4.69) is 10.1 Å². The van der Waals surface area contributed by atoms with E-state index in [9.17, 15) is 9.18 Å². The smallest absolute Gasteiger partial charge is 0.337 e. The molecule has 0 unspecified atom stereocenters. The van der Waals surface area contributed by atoms with Gasteiger partial charge in [0, 0.05) is 11.6 Å². The fourth-order valence-electron chi connectivity index (χ4n) is 1.76. The predicted octanol–water partition coefficient (Wildman–Crippen LogP) is 4.53. The minimum atomic E-state index is -0.450. The van der Waals surface area contributed by atoms with E-state index in [1.807, 2.05) is 0 Å². The van der Waals surface area contributed by atoms with Crippen molar-refractivity contribution in [1.29, 1.82) is 0 Å². The number of carbonyl (C=O) groups excluding carboxylic acids is 1. The normalized spacial score (nSPS) is 10.3. The summed E-state index contributed by atoms with van der Waals surface area (Å²) in [4.78, 5) is 11.5. The monoisotopic (exact) mass is 327 g/mol. The second kappa shape index (κ2) is 6.78. The number of methoxy groups -OCH3 is 1. The van der Waals surface area contributed by atoms with Crippen molar-refractivity contribution in [3.8, 4) is 0 Å². The number of nitrogens with one attached hydrogen (secondary N) is 1. The second-order valence-corrected chi connectivity index (χ2v) is 5.09. The lowest BCUT2D eigenvalue weighted by Gasteiger charge is -2.11. The van der Waals surface area contributed by atoms with Crippen LogP contribution in [0.1, 0.15) is 15.9 Å². The predicted molar refractivity (Wildman–Crippen MR) is 81.5 cm³/mol. The minimum absolute atomic E-state index is 0.322. The van der Waals surface area contributed by atoms with Gasteiger partial charge < -0.3 is 10.1 Å². The molecule has 0 radical (unpaired) electrons. The van der Waals surface area contributed by atoms with Crippen LogP contribution in [0, 0.1) is 5.82 Å². The number of rotatable bonds is 4. The first kappa shape index (κ1) is 15.6. The number of esters is 1. The van der Waals surface area contributed by atoms with Crippen molar-refractivity contribution >= 4 is 34.9 Å². The minimum Gasteiger partial charge on any atom is -0.465 e. The lowest BCUT2D eigenvalue weighted by molar-refractivity contribution is 0.0601. The molecule has 0 saturated carbocycles. The first-order valence-electron chi connectivity index (χ1n) is 6.07. The van der Waals surface area contributed by atoms with E-state index in [0.29, 0.717) is 27.8 Å². The molecule has 0 aliphatic carbocycles. The molecule has 0 heterocycles. The molecule has 0 amide bonds. The van der Waals surface area contributed by atoms with Gasteiger partial charge in [-0.15, -0.1) is 0 Å². The van der Waals surface area contributed by atoms with Gasteiger partial charge in [0.15, 0.2) is 0 Å². The summed E-state index contributed by atoms with van der Waals surface area (Å²) in [6.45, 7) is 0.351. The van der Waals surface area contributed by atoms with Gasteiger partial charge in [0.2, 0.25) is 0 Å². The molecule has 2 rings (SSSR count). The fourth-order valence-corrected chi connectivity index (χ4v) is 2.18. The maximum Gasteiger partial charge on any atom is 0.337 e. The van der Waals surface area contributed by atoms with E-state index >= 15 is 0 Å². The molecular weight excluding hydrogens is 316 g/mol. The van der Waals surface area contributed by atoms with E-state index < -0.39 is 11.8 Å². The highest BCUT2D eigenvalue weighted by molar-refractivity contribution is 6.33. The Labute approximate surface area is 131 Å². The molecular formula is C15H12Cl2FNO2. The average Bonchev–Trinajstić information content (AvgIpc) is 2.47. The summed E-state index contributed by atoms with van der Waals surface area (Å²) in [6, 6.07) is 8.92. The maximum absolute atomic E-state index is 13.0. The van der Waals surface area contributed by atoms with Gasteiger partial charge >= 0.3 is 5.97 Å². The number of benzene rings is 2. The third-order valence-electron chi connectivity index (χ3n) is 2.87. The van der Waals surface area contributed by atoms with Crippen LogP contribution < -0.4 is 5.32 Å². The summed E-state index contributed by atoms with van der Waals surface area (Å²) in [6.07, 6.45) is 0. The van der Waals surface area contributed by atoms with Crippen LogP contribution in [-0.2, 0) is 11.3 Å². The Balaban J connectivity index is 2.17. The van der Waals surface area contributed by atoms with Crippen LogP contribution in [-0.4, -0.2) is 13.1 Å². The van der Waals surface area contributed by atoms with Crippen molar-refractivity contribution < 1.29 is 13.9 Å². The molecule has 2 aromatic rings. The highest BCUT2D eigenvalue weighted by Crippen LogP contribution is 2.25. The van der Waals surface area contributed by atoms with Crippen molar-refractivity contribution in [2.75, 3.05) is 12.4 Å². The third kappa shape index (κ3) is 3.86. The van der Waals surface area contributed by atoms with Crippen molar-refractivity contribution in [3.63, 3.8) is 0 Å². The SMILES string of the molecule is COC(=O)c1ccc(Cl)c(NCc2ccc(F)cc2Cl)c1. The Morgan fingerprint density at radius 2 is 1.95 bits per heavy atom. The standard InChI is InChI=1S/C15H12Cl2FNO2/c1-21-15(20)9-3-5-12(16)14(6-9)19-8-10-2-4-11(18)7-13(10)17/h2-7,19H,8H2,1H3. The summed E-state index contributed by atoms with van der Waals surface area (Å²) in [7, 11) is 1.31. The van der Waals surface area contributed by atoms with Gasteiger partial charge in [-0.05, 0) is 35.9 Å². The summed E-state index contributed by atoms with van der Waals surface area (Å²) in [5.74, 6) is -0.844. The molecule has 6 heteroatoms. The van der Waals surface area contributed by atoms with Crippen LogP contribution in [0.25, 0.3) is 0 Å². The summed E-state index contributed by atoms with van der Waals surface area (Å²) in [5.41, 5.74) is 1.67. The zero-order valence-corrected chi connectivity index (χ0v) is 12.6. The number of hydrogen-bond donors (Lipinski definition) is 1. The zero-order chi connectivity index (χ0) is 15.4. The van der Waals surface area contributed by atoms with Crippen molar-refractivity contribution in [3.05, 3.63) is 63.4 Å². The largest absolute Gasteiger partial charge is 0.465 e. The molecule has 0 saturated heterocycles. The molecule has 110 valence electrons. The molecule has 0 fully saturated rings. The van der Waals surface area contributed by atoms with Gasteiger partial charge in [-0.25, -0.2) is 9.18 Å². The van der Waals surface area contributed by atoms with Crippen LogP contribution in [0.15, 0.2) is 36.4 Å². The molecule has 1 N–H and O–H groups in total. The van der Waals surface area contributed by atoms with Crippen LogP contribution in [0.3, 0.4) is 0 Å². The number of hydrogen-bond acceptors (Lipinski definition) is 3. The molecule has 3 nitrogen and oxygen atoms in total. The van der Waals surface area contributed by atoms with Gasteiger partial charge in [0.05, 0.1) is 23.4 Å². The van der Waals surface area contributed by atoms with Gasteiger partial charge in [-0.2, -0.15) is 0 Å². The highest BCUT2D eigenvalue weighted by atomic mass is 35.5. The topological polar surface area (TPSA) is 38.3 Å². The Morgan fingerprint density at radius 1 is 1.19 bits per heavy atom. The molecule has 0 aromatic heterocycles. The molecule has 2 aromatic carbocycles. The highest BCUT2D eigenvalue weighted by Gasteiger charge is 2.09. The first-order valence-corrected chi connectivity index (χ1v) is 6.82. The van der Waals surface area contributed by atoms with Crippen LogP contribution >= 0.6 is 23.2 Å². The van der Waals surface area contributed by atoms with E-state index in [1.54, 1.807) is 24.3 Å². The summed E-state index contributed by atoms with van der Waals surface area (Å²) in [5, 5.41) is 3.84. The van der Waals surface area contributed by atoms with Crippen LogP contribution in [0.2, 0.25) is 10.0 Å². The second-order valence-electron chi connectivity index (χ2n) is 4.28. The van der Waals surface area contributed by atoms with E-state index in [-0.39, 0.29) is 0 Å². The lowest BCUT2D eigenvalue weighted by Crippen LogP contribution is -2.05. The Hall–Kier alpha value is -1.78. The van der Waals surface area contributed by atoms with Crippen molar-refractivity contribution in [1.82, 2.24) is 0 Å². The average molecular weight is 328 g/mol. The Morgan fingerprint density at radius 3 is 2.62 bits per heavy atom. The first-order chi connectivity index (χ1) is 10.0. The number of ether oxygens (including phenoxy) is 1. The van der Waals surface area contributed by atoms with E-state index in [4.69, 9.17) is 23.2 Å². The molecule has 0 atom stereocenters. The quantitative estimate of drug-likeness (QED) is 0.838. The zero-order valence-electron chi connectivity index (χ0n) is 11.1. The van der Waals surface area contributed by atoms with Crippen molar-refractivity contribution in [2.45, 2.75) is 6.54 Å². The molecule has 0 aliphatic rings. The fraction of sp³-hybridized carbons (Fsp3) is 0.133. The van der Waals surface area contributed by atoms with E-state index in [1.165, 1.54) is 19.2 Å². The molecule has 0 bridgehead atoms. The third-order valence-corrected chi connectivity index (χ3v) is 3.55. The Kier molecular flexibility index (Phi) is 5.04. The van der Waals surface area contributed by atoms with Gasteiger partial charge in [0.1, 0.15) is 5.82 Å². The number of anilines is 1. The van der Waals surface area contributed by atoms with Crippen LogP contribution in [0.5, 0.6) is 0 Å². The molecule has 0 aliphatic heterocycles. The van der Waals surface area contributed by atoms with E-state index in [0.717, 1.165) is 5.56 Å². The number of carbonyl (C=O) groups is 1. The summed E-state index contributed by atoms with van der Waals surface area (Å²) >= 11 is 12.0. The van der Waals surface area contributed by atoms with Crippen LogP contribution in [0.4, 0.5) is 10.1 Å². The van der Waals surface area contributed by atoms with Crippen molar-refractivity contribution in [2.24, 2.45) is 0 Å². The lowest BCUT2D eigenvalue weighted by atomic mass is 10.2. The summed E-state index contributed by atoms with van der Waals surface area (Å²) < 4.78 is 17.6. The maximum atomic E-state index is 13.0.